The summed E-state index contributed by atoms with van der Waals surface area (Å²) in [6.45, 7) is -0.190. The summed E-state index contributed by atoms with van der Waals surface area (Å²) < 4.78 is 10.6. The maximum absolute atomic E-state index is 13.4. The van der Waals surface area contributed by atoms with Crippen LogP contribution in [0.4, 0.5) is 9.80 Å². The van der Waals surface area contributed by atoms with E-state index in [0.717, 1.165) is 41.0 Å². The maximum Gasteiger partial charge on any atom is 0.341 e. The third-order valence-corrected chi connectivity index (χ3v) is 7.58. The number of carbonyl (C=O) groups is 4. The van der Waals surface area contributed by atoms with E-state index in [-0.39, 0.29) is 13.0 Å². The Bertz CT molecular complexity index is 1170. The number of ether oxygens (including phenoxy) is 2. The number of hydrogen-bond acceptors (Lipinski definition) is 7. The third kappa shape index (κ3) is 3.45. The lowest BCUT2D eigenvalue weighted by molar-refractivity contribution is -0.135. The average Bonchev–Trinajstić information content (AvgIpc) is 3.29. The van der Waals surface area contributed by atoms with E-state index >= 15 is 0 Å². The molecule has 1 aromatic carbocycles. The number of nitrogens with zero attached hydrogens (tertiary/aromatic N) is 1. The Hall–Kier alpha value is -3.40. The minimum Gasteiger partial charge on any atom is -0.493 e. The molecule has 3 heterocycles. The van der Waals surface area contributed by atoms with Crippen LogP contribution in [0.15, 0.2) is 24.3 Å². The summed E-state index contributed by atoms with van der Waals surface area (Å²) in [6, 6.07) is 6.43. The number of benzene rings is 1. The Kier molecular flexibility index (Phi) is 5.32. The summed E-state index contributed by atoms with van der Waals surface area (Å²) in [5.41, 5.74) is 0.626. The number of nitrogens with one attached hydrogen (secondary N) is 2. The first-order chi connectivity index (χ1) is 15.9. The smallest absolute Gasteiger partial charge is 0.341 e. The number of para-hydroxylation sites is 1. The molecule has 1 saturated heterocycles. The Morgan fingerprint density at radius 1 is 1.24 bits per heavy atom. The van der Waals surface area contributed by atoms with Crippen molar-refractivity contribution in [2.75, 3.05) is 25.6 Å². The van der Waals surface area contributed by atoms with Crippen molar-refractivity contribution in [3.05, 3.63) is 45.8 Å². The number of methoxy groups -OCH3 is 1. The second kappa shape index (κ2) is 8.18. The topological polar surface area (TPSA) is 114 Å². The molecule has 1 spiro atoms. The van der Waals surface area contributed by atoms with E-state index in [0.29, 0.717) is 21.9 Å². The summed E-state index contributed by atoms with van der Waals surface area (Å²) in [7, 11) is 1.30. The molecule has 2 aromatic rings. The zero-order valence-corrected chi connectivity index (χ0v) is 18.9. The summed E-state index contributed by atoms with van der Waals surface area (Å²) >= 11 is 1.35. The Balaban J connectivity index is 1.38. The number of carbonyl (C=O) groups excluding carboxylic acids is 4. The SMILES string of the molecule is COC(=O)c1c(NC(=O)CN2C(=O)NC3(CCOc4ccccc43)C2=O)sc2c1CCCC2. The lowest BCUT2D eigenvalue weighted by Gasteiger charge is -2.33. The molecule has 1 unspecified atom stereocenters. The van der Waals surface area contributed by atoms with Gasteiger partial charge in [0.25, 0.3) is 5.91 Å². The van der Waals surface area contributed by atoms with E-state index in [1.165, 1.54) is 18.4 Å². The molecule has 1 atom stereocenters. The number of fused-ring (bicyclic) bond motifs is 3. The molecule has 0 saturated carbocycles. The largest absolute Gasteiger partial charge is 0.493 e. The zero-order chi connectivity index (χ0) is 23.2. The molecule has 1 aromatic heterocycles. The molecular weight excluding hydrogens is 446 g/mol. The molecule has 1 aliphatic carbocycles. The first kappa shape index (κ1) is 21.4. The highest BCUT2D eigenvalue weighted by Crippen LogP contribution is 2.41. The van der Waals surface area contributed by atoms with Gasteiger partial charge >= 0.3 is 12.0 Å². The van der Waals surface area contributed by atoms with Crippen LogP contribution in [-0.4, -0.2) is 49.0 Å². The summed E-state index contributed by atoms with van der Waals surface area (Å²) in [5.74, 6) is -1.01. The van der Waals surface area contributed by atoms with Crippen LogP contribution in [0.2, 0.25) is 0 Å². The molecule has 2 N–H and O–H groups in total. The summed E-state index contributed by atoms with van der Waals surface area (Å²) in [5, 5.41) is 5.92. The fraction of sp³-hybridized carbons (Fsp3) is 0.391. The van der Waals surface area contributed by atoms with E-state index in [2.05, 4.69) is 10.6 Å². The van der Waals surface area contributed by atoms with Crippen molar-refractivity contribution < 1.29 is 28.7 Å². The molecule has 5 rings (SSSR count). The monoisotopic (exact) mass is 469 g/mol. The summed E-state index contributed by atoms with van der Waals surface area (Å²) in [6.07, 6.45) is 3.87. The first-order valence-corrected chi connectivity index (χ1v) is 11.7. The van der Waals surface area contributed by atoms with Crippen molar-refractivity contribution in [1.82, 2.24) is 10.2 Å². The molecule has 10 heteroatoms. The van der Waals surface area contributed by atoms with Crippen molar-refractivity contribution in [2.24, 2.45) is 0 Å². The van der Waals surface area contributed by atoms with Crippen LogP contribution in [0.5, 0.6) is 5.75 Å². The van der Waals surface area contributed by atoms with E-state index in [1.807, 2.05) is 0 Å². The van der Waals surface area contributed by atoms with Crippen LogP contribution < -0.4 is 15.4 Å². The van der Waals surface area contributed by atoms with Crippen LogP contribution in [0, 0.1) is 0 Å². The molecule has 172 valence electrons. The van der Waals surface area contributed by atoms with Gasteiger partial charge in [-0.2, -0.15) is 0 Å². The lowest BCUT2D eigenvalue weighted by Crippen LogP contribution is -2.48. The Labute approximate surface area is 194 Å². The third-order valence-electron chi connectivity index (χ3n) is 6.37. The van der Waals surface area contributed by atoms with Crippen LogP contribution in [0.3, 0.4) is 0 Å². The van der Waals surface area contributed by atoms with Crippen molar-refractivity contribution in [2.45, 2.75) is 37.6 Å². The van der Waals surface area contributed by atoms with Gasteiger partial charge in [-0.1, -0.05) is 18.2 Å². The maximum atomic E-state index is 13.4. The number of rotatable bonds is 4. The van der Waals surface area contributed by atoms with Gasteiger partial charge in [0.15, 0.2) is 5.54 Å². The van der Waals surface area contributed by atoms with Crippen LogP contribution in [0.25, 0.3) is 0 Å². The van der Waals surface area contributed by atoms with Gasteiger partial charge in [0.2, 0.25) is 5.91 Å². The molecule has 33 heavy (non-hydrogen) atoms. The fourth-order valence-corrected chi connectivity index (χ4v) is 6.09. The number of anilines is 1. The lowest BCUT2D eigenvalue weighted by atomic mass is 9.84. The quantitative estimate of drug-likeness (QED) is 0.526. The second-order valence-corrected chi connectivity index (χ2v) is 9.38. The standard InChI is InChI=1S/C23H23N3O6S/c1-31-20(28)18-13-6-2-5-9-16(13)33-19(18)24-17(27)12-26-21(29)23(25-22(26)30)10-11-32-15-8-4-3-7-14(15)23/h3-4,7-8H,2,5-6,9-12H2,1H3,(H,24,27)(H,25,30). The van der Waals surface area contributed by atoms with Gasteiger partial charge in [-0.15, -0.1) is 11.3 Å². The average molecular weight is 470 g/mol. The molecule has 3 aliphatic rings. The second-order valence-electron chi connectivity index (χ2n) is 8.28. The van der Waals surface area contributed by atoms with E-state index in [9.17, 15) is 19.2 Å². The predicted octanol–water partition coefficient (Wildman–Crippen LogP) is 2.58. The fourth-order valence-electron chi connectivity index (χ4n) is 4.80. The van der Waals surface area contributed by atoms with Crippen LogP contribution in [0.1, 0.15) is 45.6 Å². The molecule has 1 fully saturated rings. The molecule has 0 radical (unpaired) electrons. The first-order valence-electron chi connectivity index (χ1n) is 10.8. The van der Waals surface area contributed by atoms with Crippen molar-refractivity contribution >= 4 is 40.2 Å². The minimum atomic E-state index is -1.24. The van der Waals surface area contributed by atoms with Gasteiger partial charge in [0.1, 0.15) is 17.3 Å². The number of hydrogen-bond donors (Lipinski definition) is 2. The van der Waals surface area contributed by atoms with Crippen molar-refractivity contribution in [3.63, 3.8) is 0 Å². The Morgan fingerprint density at radius 2 is 2.03 bits per heavy atom. The van der Waals surface area contributed by atoms with Crippen molar-refractivity contribution in [1.29, 1.82) is 0 Å². The van der Waals surface area contributed by atoms with E-state index in [1.54, 1.807) is 24.3 Å². The van der Waals surface area contributed by atoms with Gasteiger partial charge < -0.3 is 20.1 Å². The van der Waals surface area contributed by atoms with E-state index < -0.39 is 35.9 Å². The van der Waals surface area contributed by atoms with Gasteiger partial charge in [0.05, 0.1) is 19.3 Å². The van der Waals surface area contributed by atoms with E-state index in [4.69, 9.17) is 9.47 Å². The highest BCUT2D eigenvalue weighted by Gasteiger charge is 2.55. The minimum absolute atomic E-state index is 0.270. The number of amides is 4. The van der Waals surface area contributed by atoms with Gasteiger partial charge in [-0.25, -0.2) is 9.59 Å². The number of thiophene rings is 1. The molecular formula is C23H23N3O6S. The molecule has 4 amide bonds. The molecule has 0 bridgehead atoms. The van der Waals surface area contributed by atoms with Crippen molar-refractivity contribution in [3.8, 4) is 5.75 Å². The van der Waals surface area contributed by atoms with Gasteiger partial charge in [-0.05, 0) is 37.3 Å². The number of aryl methyl sites for hydroxylation is 1. The molecule has 9 nitrogen and oxygen atoms in total. The zero-order valence-electron chi connectivity index (χ0n) is 18.1. The number of urea groups is 1. The summed E-state index contributed by atoms with van der Waals surface area (Å²) in [4.78, 5) is 53.4. The highest BCUT2D eigenvalue weighted by atomic mass is 32.1. The normalized spacial score (nSPS) is 21.2. The number of imide groups is 1. The Morgan fingerprint density at radius 3 is 2.85 bits per heavy atom. The van der Waals surface area contributed by atoms with Gasteiger partial charge in [-0.3, -0.25) is 14.5 Å². The number of esters is 1. The highest BCUT2D eigenvalue weighted by molar-refractivity contribution is 7.17. The van der Waals surface area contributed by atoms with Crippen LogP contribution >= 0.6 is 11.3 Å². The molecule has 2 aliphatic heterocycles. The predicted molar refractivity (Wildman–Crippen MR) is 119 cm³/mol. The van der Waals surface area contributed by atoms with Crippen LogP contribution in [-0.2, 0) is 32.7 Å². The van der Waals surface area contributed by atoms with Gasteiger partial charge in [0, 0.05) is 16.9 Å².